The standard InChI is InChI=1S/C25H31N3O3S/c1-19-10-14-28(15-11-19)32(30,31)23-8-9-24-22(16-23)12-13-27(24)18-25(29)26-17-20(2)21-6-4-3-5-7-21/h3-9,12-13,16,19-20H,10-11,14-15,17-18H2,1-2H3,(H,26,29). The number of amides is 1. The molecule has 1 aliphatic rings. The Hall–Kier alpha value is -2.64. The molecule has 2 aromatic carbocycles. The fourth-order valence-corrected chi connectivity index (χ4v) is 5.73. The fourth-order valence-electron chi connectivity index (χ4n) is 4.23. The first-order valence-corrected chi connectivity index (χ1v) is 12.7. The van der Waals surface area contributed by atoms with Crippen molar-refractivity contribution in [3.8, 4) is 0 Å². The van der Waals surface area contributed by atoms with E-state index in [1.54, 1.807) is 22.5 Å². The minimum atomic E-state index is -3.49. The second-order valence-electron chi connectivity index (χ2n) is 8.87. The Kier molecular flexibility index (Phi) is 6.67. The van der Waals surface area contributed by atoms with E-state index in [2.05, 4.69) is 31.3 Å². The van der Waals surface area contributed by atoms with Crippen LogP contribution in [0.1, 0.15) is 38.2 Å². The molecule has 1 aromatic heterocycles. The highest BCUT2D eigenvalue weighted by Gasteiger charge is 2.28. The summed E-state index contributed by atoms with van der Waals surface area (Å²) >= 11 is 0. The fraction of sp³-hybridized carbons (Fsp3) is 0.400. The van der Waals surface area contributed by atoms with Gasteiger partial charge in [-0.2, -0.15) is 4.31 Å². The number of benzene rings is 2. The zero-order valence-electron chi connectivity index (χ0n) is 18.7. The van der Waals surface area contributed by atoms with E-state index >= 15 is 0 Å². The van der Waals surface area contributed by atoms with E-state index in [9.17, 15) is 13.2 Å². The SMILES string of the molecule is CC1CCN(S(=O)(=O)c2ccc3c(ccn3CC(=O)NCC(C)c3ccccc3)c2)CC1. The molecule has 3 aromatic rings. The maximum Gasteiger partial charge on any atom is 0.243 e. The van der Waals surface area contributed by atoms with Crippen molar-refractivity contribution < 1.29 is 13.2 Å². The highest BCUT2D eigenvalue weighted by Crippen LogP contribution is 2.26. The van der Waals surface area contributed by atoms with Crippen molar-refractivity contribution in [2.75, 3.05) is 19.6 Å². The van der Waals surface area contributed by atoms with Gasteiger partial charge >= 0.3 is 0 Å². The lowest BCUT2D eigenvalue weighted by Crippen LogP contribution is -2.37. The van der Waals surface area contributed by atoms with Gasteiger partial charge < -0.3 is 9.88 Å². The summed E-state index contributed by atoms with van der Waals surface area (Å²) in [7, 11) is -3.49. The normalized spacial score (nSPS) is 16.8. The van der Waals surface area contributed by atoms with Crippen molar-refractivity contribution in [3.05, 3.63) is 66.4 Å². The van der Waals surface area contributed by atoms with Crippen LogP contribution in [0.3, 0.4) is 0 Å². The topological polar surface area (TPSA) is 71.4 Å². The van der Waals surface area contributed by atoms with Gasteiger partial charge in [-0.1, -0.05) is 44.2 Å². The first-order valence-electron chi connectivity index (χ1n) is 11.3. The van der Waals surface area contributed by atoms with Crippen LogP contribution in [0.25, 0.3) is 10.9 Å². The molecule has 32 heavy (non-hydrogen) atoms. The Morgan fingerprint density at radius 1 is 1.09 bits per heavy atom. The third-order valence-corrected chi connectivity index (χ3v) is 8.31. The van der Waals surface area contributed by atoms with Crippen molar-refractivity contribution in [2.24, 2.45) is 5.92 Å². The Balaban J connectivity index is 1.42. The molecule has 2 heterocycles. The monoisotopic (exact) mass is 453 g/mol. The van der Waals surface area contributed by atoms with E-state index in [0.717, 1.165) is 23.7 Å². The van der Waals surface area contributed by atoms with Gasteiger partial charge in [0, 0.05) is 36.7 Å². The van der Waals surface area contributed by atoms with Gasteiger partial charge in [0.05, 0.1) is 4.90 Å². The van der Waals surface area contributed by atoms with E-state index < -0.39 is 10.0 Å². The van der Waals surface area contributed by atoms with Crippen LogP contribution in [0.2, 0.25) is 0 Å². The quantitative estimate of drug-likeness (QED) is 0.588. The van der Waals surface area contributed by atoms with Gasteiger partial charge in [0.2, 0.25) is 15.9 Å². The summed E-state index contributed by atoms with van der Waals surface area (Å²) < 4.78 is 29.5. The van der Waals surface area contributed by atoms with Crippen molar-refractivity contribution >= 4 is 26.8 Å². The number of carbonyl (C=O) groups is 1. The summed E-state index contributed by atoms with van der Waals surface area (Å²) in [4.78, 5) is 12.8. The molecule has 1 unspecified atom stereocenters. The van der Waals surface area contributed by atoms with Crippen LogP contribution in [0, 0.1) is 5.92 Å². The largest absolute Gasteiger partial charge is 0.354 e. The average Bonchev–Trinajstić information content (AvgIpc) is 3.20. The van der Waals surface area contributed by atoms with Crippen LogP contribution >= 0.6 is 0 Å². The molecule has 1 fully saturated rings. The minimum absolute atomic E-state index is 0.0654. The Morgan fingerprint density at radius 3 is 2.53 bits per heavy atom. The zero-order chi connectivity index (χ0) is 22.7. The number of hydrogen-bond acceptors (Lipinski definition) is 3. The zero-order valence-corrected chi connectivity index (χ0v) is 19.5. The first-order chi connectivity index (χ1) is 15.3. The highest BCUT2D eigenvalue weighted by atomic mass is 32.2. The number of hydrogen-bond donors (Lipinski definition) is 1. The summed E-state index contributed by atoms with van der Waals surface area (Å²) in [5.41, 5.74) is 2.04. The van der Waals surface area contributed by atoms with Gasteiger partial charge in [0.1, 0.15) is 6.54 Å². The second kappa shape index (κ2) is 9.46. The lowest BCUT2D eigenvalue weighted by molar-refractivity contribution is -0.121. The van der Waals surface area contributed by atoms with E-state index in [1.807, 2.05) is 35.0 Å². The summed E-state index contributed by atoms with van der Waals surface area (Å²) in [6.07, 6.45) is 3.63. The van der Waals surface area contributed by atoms with Gasteiger partial charge in [-0.15, -0.1) is 0 Å². The summed E-state index contributed by atoms with van der Waals surface area (Å²) in [6, 6.07) is 17.1. The third-order valence-electron chi connectivity index (χ3n) is 6.41. The van der Waals surface area contributed by atoms with Crippen molar-refractivity contribution in [3.63, 3.8) is 0 Å². The molecule has 7 heteroatoms. The molecule has 0 radical (unpaired) electrons. The number of sulfonamides is 1. The van der Waals surface area contributed by atoms with Crippen LogP contribution in [0.15, 0.2) is 65.7 Å². The van der Waals surface area contributed by atoms with Crippen molar-refractivity contribution in [2.45, 2.75) is 44.0 Å². The molecule has 1 atom stereocenters. The molecule has 1 N–H and O–H groups in total. The van der Waals surface area contributed by atoms with Crippen LogP contribution < -0.4 is 5.32 Å². The predicted molar refractivity (Wildman–Crippen MR) is 127 cm³/mol. The van der Waals surface area contributed by atoms with Gasteiger partial charge in [-0.05, 0) is 54.5 Å². The van der Waals surface area contributed by atoms with Crippen LogP contribution in [-0.4, -0.2) is 42.8 Å². The lowest BCUT2D eigenvalue weighted by atomic mass is 10.0. The number of rotatable bonds is 7. The highest BCUT2D eigenvalue weighted by molar-refractivity contribution is 7.89. The summed E-state index contributed by atoms with van der Waals surface area (Å²) in [6.45, 7) is 6.16. The minimum Gasteiger partial charge on any atom is -0.354 e. The number of nitrogens with one attached hydrogen (secondary N) is 1. The summed E-state index contributed by atoms with van der Waals surface area (Å²) in [5.74, 6) is 0.733. The number of carbonyl (C=O) groups excluding carboxylic acids is 1. The molecule has 0 aliphatic carbocycles. The smallest absolute Gasteiger partial charge is 0.243 e. The van der Waals surface area contributed by atoms with Gasteiger partial charge in [0.25, 0.3) is 0 Å². The van der Waals surface area contributed by atoms with E-state index in [0.29, 0.717) is 30.4 Å². The second-order valence-corrected chi connectivity index (χ2v) is 10.8. The maximum atomic E-state index is 13.0. The Labute approximate surface area is 190 Å². The lowest BCUT2D eigenvalue weighted by Gasteiger charge is -2.29. The Morgan fingerprint density at radius 2 is 1.81 bits per heavy atom. The predicted octanol–water partition coefficient (Wildman–Crippen LogP) is 3.98. The maximum absolute atomic E-state index is 13.0. The molecule has 0 bridgehead atoms. The average molecular weight is 454 g/mol. The number of piperidine rings is 1. The van der Waals surface area contributed by atoms with Crippen LogP contribution in [-0.2, 0) is 21.4 Å². The summed E-state index contributed by atoms with van der Waals surface area (Å²) in [5, 5.41) is 3.82. The first kappa shape index (κ1) is 22.6. The molecule has 6 nitrogen and oxygen atoms in total. The number of fused-ring (bicyclic) bond motifs is 1. The van der Waals surface area contributed by atoms with Crippen molar-refractivity contribution in [1.82, 2.24) is 14.2 Å². The third kappa shape index (κ3) is 4.89. The van der Waals surface area contributed by atoms with E-state index in [1.165, 1.54) is 5.56 Å². The molecule has 1 saturated heterocycles. The molecule has 1 amide bonds. The molecule has 170 valence electrons. The molecule has 4 rings (SSSR count). The van der Waals surface area contributed by atoms with Crippen LogP contribution in [0.4, 0.5) is 0 Å². The van der Waals surface area contributed by atoms with E-state index in [4.69, 9.17) is 0 Å². The van der Waals surface area contributed by atoms with Gasteiger partial charge in [0.15, 0.2) is 0 Å². The molecule has 0 saturated carbocycles. The number of nitrogens with zero attached hydrogens (tertiary/aromatic N) is 2. The molecule has 0 spiro atoms. The number of aromatic nitrogens is 1. The Bertz CT molecular complexity index is 1180. The molecule has 1 aliphatic heterocycles. The molecular weight excluding hydrogens is 422 g/mol. The van der Waals surface area contributed by atoms with Gasteiger partial charge in [-0.25, -0.2) is 8.42 Å². The van der Waals surface area contributed by atoms with Crippen LogP contribution in [0.5, 0.6) is 0 Å². The van der Waals surface area contributed by atoms with Gasteiger partial charge in [-0.3, -0.25) is 4.79 Å². The van der Waals surface area contributed by atoms with Crippen molar-refractivity contribution in [1.29, 1.82) is 0 Å². The molecular formula is C25H31N3O3S. The van der Waals surface area contributed by atoms with E-state index in [-0.39, 0.29) is 18.4 Å².